The molecule has 1 fully saturated rings. The zero-order chi connectivity index (χ0) is 13.5. The third-order valence-corrected chi connectivity index (χ3v) is 4.39. The van der Waals surface area contributed by atoms with Gasteiger partial charge in [0.2, 0.25) is 0 Å². The molecule has 2 aromatic rings. The lowest BCUT2D eigenvalue weighted by molar-refractivity contribution is 0.724. The van der Waals surface area contributed by atoms with E-state index in [-0.39, 0.29) is 0 Å². The van der Waals surface area contributed by atoms with Crippen molar-refractivity contribution in [2.75, 3.05) is 31.1 Å². The molecule has 0 saturated carbocycles. The lowest BCUT2D eigenvalue weighted by Gasteiger charge is -2.20. The maximum atomic E-state index is 4.60. The number of hydrogen-bond donors (Lipinski definition) is 2. The van der Waals surface area contributed by atoms with Crippen molar-refractivity contribution in [1.82, 2.24) is 15.5 Å². The minimum absolute atomic E-state index is 1.01. The van der Waals surface area contributed by atoms with Crippen LogP contribution in [0.15, 0.2) is 18.2 Å². The van der Waals surface area contributed by atoms with Gasteiger partial charge in [0.1, 0.15) is 0 Å². The van der Waals surface area contributed by atoms with Crippen LogP contribution in [-0.2, 0) is 6.42 Å². The fourth-order valence-corrected chi connectivity index (χ4v) is 3.33. The smallest absolute Gasteiger partial charge is 0.154 e. The van der Waals surface area contributed by atoms with E-state index in [4.69, 9.17) is 0 Å². The van der Waals surface area contributed by atoms with Crippen LogP contribution in [0.25, 0.3) is 11.3 Å². The summed E-state index contributed by atoms with van der Waals surface area (Å²) in [6, 6.07) is 6.73. The number of H-pyrrole nitrogens is 1. The lowest BCUT2D eigenvalue weighted by atomic mass is 10.1. The average Bonchev–Trinajstić information content (AvgIpc) is 2.88. The third-order valence-electron chi connectivity index (χ3n) is 4.39. The second kappa shape index (κ2) is 4.63. The summed E-state index contributed by atoms with van der Waals surface area (Å²) in [6.45, 7) is 6.46. The van der Waals surface area contributed by atoms with Crippen LogP contribution in [0.3, 0.4) is 0 Å². The molecule has 0 unspecified atom stereocenters. The summed E-state index contributed by atoms with van der Waals surface area (Å²) < 4.78 is 0. The topological polar surface area (TPSA) is 44.0 Å². The summed E-state index contributed by atoms with van der Waals surface area (Å²) in [5.74, 6) is 1.16. The van der Waals surface area contributed by atoms with Crippen molar-refractivity contribution >= 4 is 5.82 Å². The monoisotopic (exact) mass is 268 g/mol. The Morgan fingerprint density at radius 1 is 1.20 bits per heavy atom. The SMILES string of the molecule is Cc1ccc2c(c1)-c1[nH]nc(N3CCCNCC3)c1C2. The first-order chi connectivity index (χ1) is 9.83. The van der Waals surface area contributed by atoms with E-state index < -0.39 is 0 Å². The first-order valence-electron chi connectivity index (χ1n) is 7.46. The van der Waals surface area contributed by atoms with E-state index in [9.17, 15) is 0 Å². The second-order valence-corrected chi connectivity index (χ2v) is 5.83. The zero-order valence-electron chi connectivity index (χ0n) is 11.9. The van der Waals surface area contributed by atoms with Crippen molar-refractivity contribution in [2.45, 2.75) is 19.8 Å². The Morgan fingerprint density at radius 2 is 2.15 bits per heavy atom. The van der Waals surface area contributed by atoms with Gasteiger partial charge in [-0.3, -0.25) is 5.10 Å². The fourth-order valence-electron chi connectivity index (χ4n) is 3.33. The van der Waals surface area contributed by atoms with Crippen LogP contribution in [-0.4, -0.2) is 36.4 Å². The number of aromatic nitrogens is 2. The second-order valence-electron chi connectivity index (χ2n) is 5.83. The number of aromatic amines is 1. The first kappa shape index (κ1) is 12.0. The van der Waals surface area contributed by atoms with Crippen molar-refractivity contribution in [3.8, 4) is 11.3 Å². The van der Waals surface area contributed by atoms with Crippen LogP contribution >= 0.6 is 0 Å². The number of aryl methyl sites for hydroxylation is 1. The molecule has 0 amide bonds. The molecule has 0 spiro atoms. The molecular weight excluding hydrogens is 248 g/mol. The molecule has 1 saturated heterocycles. The first-order valence-corrected chi connectivity index (χ1v) is 7.46. The number of nitrogens with zero attached hydrogens (tertiary/aromatic N) is 2. The normalized spacial score (nSPS) is 17.8. The number of hydrogen-bond acceptors (Lipinski definition) is 3. The Morgan fingerprint density at radius 3 is 3.10 bits per heavy atom. The van der Waals surface area contributed by atoms with E-state index >= 15 is 0 Å². The molecule has 2 heterocycles. The van der Waals surface area contributed by atoms with Gasteiger partial charge in [-0.25, -0.2) is 0 Å². The molecule has 2 aliphatic rings. The molecular formula is C16H20N4. The number of benzene rings is 1. The fraction of sp³-hybridized carbons (Fsp3) is 0.438. The molecule has 0 bridgehead atoms. The molecule has 20 heavy (non-hydrogen) atoms. The molecule has 0 atom stereocenters. The molecule has 1 aliphatic heterocycles. The summed E-state index contributed by atoms with van der Waals surface area (Å²) in [7, 11) is 0. The molecule has 1 aromatic heterocycles. The highest BCUT2D eigenvalue weighted by Crippen LogP contribution is 2.40. The van der Waals surface area contributed by atoms with Crippen LogP contribution in [0, 0.1) is 6.92 Å². The van der Waals surface area contributed by atoms with E-state index in [1.54, 1.807) is 0 Å². The van der Waals surface area contributed by atoms with E-state index in [0.717, 1.165) is 38.4 Å². The van der Waals surface area contributed by atoms with Crippen molar-refractivity contribution in [1.29, 1.82) is 0 Å². The summed E-state index contributed by atoms with van der Waals surface area (Å²) in [6.07, 6.45) is 2.20. The van der Waals surface area contributed by atoms with E-state index in [0.29, 0.717) is 0 Å². The lowest BCUT2D eigenvalue weighted by Crippen LogP contribution is -2.28. The number of nitrogens with one attached hydrogen (secondary N) is 2. The number of fused-ring (bicyclic) bond motifs is 3. The Kier molecular flexibility index (Phi) is 2.77. The molecule has 4 rings (SSSR count). The van der Waals surface area contributed by atoms with E-state index in [2.05, 4.69) is 45.5 Å². The highest BCUT2D eigenvalue weighted by Gasteiger charge is 2.27. The molecule has 0 radical (unpaired) electrons. The van der Waals surface area contributed by atoms with Gasteiger partial charge in [-0.1, -0.05) is 17.7 Å². The quantitative estimate of drug-likeness (QED) is 0.710. The Labute approximate surface area is 119 Å². The maximum Gasteiger partial charge on any atom is 0.154 e. The molecule has 4 heteroatoms. The van der Waals surface area contributed by atoms with Crippen LogP contribution in [0.5, 0.6) is 0 Å². The third kappa shape index (κ3) is 1.83. The van der Waals surface area contributed by atoms with Crippen LogP contribution < -0.4 is 10.2 Å². The summed E-state index contributed by atoms with van der Waals surface area (Å²) in [5.41, 5.74) is 6.69. The Hall–Kier alpha value is -1.81. The van der Waals surface area contributed by atoms with Gasteiger partial charge >= 0.3 is 0 Å². The molecule has 4 nitrogen and oxygen atoms in total. The minimum Gasteiger partial charge on any atom is -0.354 e. The van der Waals surface area contributed by atoms with Crippen LogP contribution in [0.1, 0.15) is 23.1 Å². The van der Waals surface area contributed by atoms with Gasteiger partial charge in [-0.05, 0) is 31.5 Å². The van der Waals surface area contributed by atoms with E-state index in [1.807, 2.05) is 0 Å². The summed E-state index contributed by atoms with van der Waals surface area (Å²) >= 11 is 0. The van der Waals surface area contributed by atoms with Gasteiger partial charge in [-0.2, -0.15) is 5.10 Å². The molecule has 1 aromatic carbocycles. The highest BCUT2D eigenvalue weighted by molar-refractivity contribution is 5.78. The van der Waals surface area contributed by atoms with Crippen molar-refractivity contribution in [2.24, 2.45) is 0 Å². The summed E-state index contributed by atoms with van der Waals surface area (Å²) in [4.78, 5) is 2.42. The standard InChI is InChI=1S/C16H20N4/c1-11-3-4-12-10-14-15(13(12)9-11)18-19-16(14)20-7-2-5-17-6-8-20/h3-4,9,17H,2,5-8,10H2,1H3,(H,18,19). The average molecular weight is 268 g/mol. The summed E-state index contributed by atoms with van der Waals surface area (Å²) in [5, 5.41) is 11.3. The Balaban J connectivity index is 1.72. The van der Waals surface area contributed by atoms with Crippen molar-refractivity contribution in [3.05, 3.63) is 34.9 Å². The van der Waals surface area contributed by atoms with Gasteiger partial charge in [0, 0.05) is 37.2 Å². The molecule has 2 N–H and O–H groups in total. The van der Waals surface area contributed by atoms with E-state index in [1.165, 1.54) is 34.4 Å². The Bertz CT molecular complexity index is 636. The molecule has 1 aliphatic carbocycles. The highest BCUT2D eigenvalue weighted by atomic mass is 15.3. The number of anilines is 1. The van der Waals surface area contributed by atoms with Crippen LogP contribution in [0.4, 0.5) is 5.82 Å². The maximum absolute atomic E-state index is 4.60. The largest absolute Gasteiger partial charge is 0.354 e. The van der Waals surface area contributed by atoms with Gasteiger partial charge in [-0.15, -0.1) is 0 Å². The van der Waals surface area contributed by atoms with Gasteiger partial charge in [0.15, 0.2) is 5.82 Å². The predicted octanol–water partition coefficient (Wildman–Crippen LogP) is 2.09. The zero-order valence-corrected chi connectivity index (χ0v) is 11.9. The number of rotatable bonds is 1. The van der Waals surface area contributed by atoms with Crippen molar-refractivity contribution < 1.29 is 0 Å². The van der Waals surface area contributed by atoms with Crippen molar-refractivity contribution in [3.63, 3.8) is 0 Å². The van der Waals surface area contributed by atoms with Crippen LogP contribution in [0.2, 0.25) is 0 Å². The van der Waals surface area contributed by atoms with Gasteiger partial charge < -0.3 is 10.2 Å². The predicted molar refractivity (Wildman–Crippen MR) is 81.3 cm³/mol. The van der Waals surface area contributed by atoms with Gasteiger partial charge in [0.05, 0.1) is 5.69 Å². The minimum atomic E-state index is 1.01. The molecule has 104 valence electrons. The van der Waals surface area contributed by atoms with Gasteiger partial charge in [0.25, 0.3) is 0 Å².